The Balaban J connectivity index is 1.25. The zero-order valence-electron chi connectivity index (χ0n) is 26.9. The van der Waals surface area contributed by atoms with Crippen LogP contribution in [-0.4, -0.2) is 4.57 Å². The number of hydrogen-bond acceptors (Lipinski definition) is 3. The molecule has 0 radical (unpaired) electrons. The number of thiophene rings is 1. The molecule has 0 aliphatic carbocycles. The van der Waals surface area contributed by atoms with Gasteiger partial charge in [0.2, 0.25) is 0 Å². The highest BCUT2D eigenvalue weighted by molar-refractivity contribution is 7.25. The first kappa shape index (κ1) is 27.6. The third kappa shape index (κ3) is 3.97. The van der Waals surface area contributed by atoms with Gasteiger partial charge in [-0.1, -0.05) is 103 Å². The summed E-state index contributed by atoms with van der Waals surface area (Å²) in [7, 11) is 0. The fourth-order valence-electron chi connectivity index (χ4n) is 7.95. The molecule has 0 bridgehead atoms. The fraction of sp³-hybridized carbons (Fsp3) is 0. The van der Waals surface area contributed by atoms with Crippen LogP contribution in [0.25, 0.3) is 80.4 Å². The molecule has 0 unspecified atom stereocenters. The highest BCUT2D eigenvalue weighted by atomic mass is 32.1. The van der Waals surface area contributed by atoms with Gasteiger partial charge in [-0.2, -0.15) is 0 Å². The Morgan fingerprint density at radius 1 is 0.460 bits per heavy atom. The summed E-state index contributed by atoms with van der Waals surface area (Å²) in [4.78, 5) is 2.42. The summed E-state index contributed by atoms with van der Waals surface area (Å²) < 4.78 is 11.8. The average Bonchev–Trinajstić information content (AvgIpc) is 3.84. The number of para-hydroxylation sites is 3. The molecule has 11 aromatic rings. The van der Waals surface area contributed by atoms with E-state index in [0.29, 0.717) is 0 Å². The van der Waals surface area contributed by atoms with E-state index in [1.165, 1.54) is 47.2 Å². The Kier molecular flexibility index (Phi) is 5.83. The minimum absolute atomic E-state index is 0.873. The number of fused-ring (bicyclic) bond motifs is 10. The third-order valence-electron chi connectivity index (χ3n) is 10.1. The maximum atomic E-state index is 6.88. The molecule has 3 nitrogen and oxygen atoms in total. The van der Waals surface area contributed by atoms with Crippen molar-refractivity contribution < 1.29 is 4.42 Å². The van der Waals surface area contributed by atoms with Crippen molar-refractivity contribution in [3.63, 3.8) is 0 Å². The van der Waals surface area contributed by atoms with E-state index in [2.05, 4.69) is 179 Å². The van der Waals surface area contributed by atoms with E-state index in [4.69, 9.17) is 4.42 Å². The lowest BCUT2D eigenvalue weighted by molar-refractivity contribution is 0.669. The summed E-state index contributed by atoms with van der Waals surface area (Å²) in [5.41, 5.74) is 8.44. The molecule has 4 heteroatoms. The van der Waals surface area contributed by atoms with E-state index in [9.17, 15) is 0 Å². The van der Waals surface area contributed by atoms with Gasteiger partial charge in [0.05, 0.1) is 22.4 Å². The molecule has 50 heavy (non-hydrogen) atoms. The van der Waals surface area contributed by atoms with Crippen LogP contribution in [0.5, 0.6) is 0 Å². The second-order valence-corrected chi connectivity index (χ2v) is 14.0. The summed E-state index contributed by atoms with van der Waals surface area (Å²) >= 11 is 1.85. The Morgan fingerprint density at radius 2 is 1.14 bits per heavy atom. The summed E-state index contributed by atoms with van der Waals surface area (Å²) in [5, 5.41) is 9.59. The van der Waals surface area contributed by atoms with E-state index in [0.717, 1.165) is 50.2 Å². The molecule has 0 aliphatic heterocycles. The van der Waals surface area contributed by atoms with Crippen molar-refractivity contribution in [2.45, 2.75) is 0 Å². The minimum atomic E-state index is 0.873. The number of rotatable bonds is 4. The minimum Gasteiger partial charge on any atom is -0.454 e. The topological polar surface area (TPSA) is 21.3 Å². The molecule has 0 N–H and O–H groups in total. The highest BCUT2D eigenvalue weighted by Crippen LogP contribution is 2.48. The highest BCUT2D eigenvalue weighted by Gasteiger charge is 2.24. The third-order valence-corrected chi connectivity index (χ3v) is 11.3. The van der Waals surface area contributed by atoms with E-state index in [1.54, 1.807) is 0 Å². The quantitative estimate of drug-likeness (QED) is 0.188. The Bertz CT molecular complexity index is 3110. The van der Waals surface area contributed by atoms with Crippen LogP contribution in [0.4, 0.5) is 17.1 Å². The molecule has 11 rings (SSSR count). The molecule has 0 amide bonds. The van der Waals surface area contributed by atoms with Gasteiger partial charge in [0, 0.05) is 53.1 Å². The van der Waals surface area contributed by atoms with Crippen LogP contribution in [0.2, 0.25) is 0 Å². The van der Waals surface area contributed by atoms with Crippen molar-refractivity contribution in [3.05, 3.63) is 170 Å². The van der Waals surface area contributed by atoms with Crippen molar-refractivity contribution >= 4 is 103 Å². The summed E-state index contributed by atoms with van der Waals surface area (Å²) in [6.07, 6.45) is 0. The van der Waals surface area contributed by atoms with E-state index >= 15 is 0 Å². The summed E-state index contributed by atoms with van der Waals surface area (Å²) in [6, 6.07) is 61.2. The van der Waals surface area contributed by atoms with Crippen LogP contribution in [0.15, 0.2) is 174 Å². The van der Waals surface area contributed by atoms with Gasteiger partial charge in [-0.15, -0.1) is 11.3 Å². The summed E-state index contributed by atoms with van der Waals surface area (Å²) in [6.45, 7) is 0. The van der Waals surface area contributed by atoms with Gasteiger partial charge in [0.1, 0.15) is 5.58 Å². The van der Waals surface area contributed by atoms with Gasteiger partial charge in [0.15, 0.2) is 5.58 Å². The van der Waals surface area contributed by atoms with Crippen LogP contribution < -0.4 is 4.90 Å². The first-order valence-electron chi connectivity index (χ1n) is 16.9. The van der Waals surface area contributed by atoms with Crippen LogP contribution in [0.3, 0.4) is 0 Å². The number of furan rings is 1. The van der Waals surface area contributed by atoms with Crippen LogP contribution in [0, 0.1) is 0 Å². The van der Waals surface area contributed by atoms with Crippen molar-refractivity contribution in [2.75, 3.05) is 4.90 Å². The average molecular weight is 657 g/mol. The zero-order valence-corrected chi connectivity index (χ0v) is 27.7. The van der Waals surface area contributed by atoms with E-state index < -0.39 is 0 Å². The molecule has 234 valence electrons. The molecule has 3 aromatic heterocycles. The predicted octanol–water partition coefficient (Wildman–Crippen LogP) is 13.7. The van der Waals surface area contributed by atoms with Gasteiger partial charge in [0.25, 0.3) is 0 Å². The lowest BCUT2D eigenvalue weighted by atomic mass is 10.0. The number of hydrogen-bond donors (Lipinski definition) is 0. The second-order valence-electron chi connectivity index (χ2n) is 12.9. The number of nitrogens with zero attached hydrogens (tertiary/aromatic N) is 2. The normalized spacial score (nSPS) is 12.0. The number of aromatic nitrogens is 1. The molecule has 0 fully saturated rings. The monoisotopic (exact) mass is 656 g/mol. The Labute approximate surface area is 291 Å². The molecule has 0 aliphatic rings. The number of anilines is 3. The van der Waals surface area contributed by atoms with Crippen molar-refractivity contribution in [3.8, 4) is 5.69 Å². The molecule has 0 spiro atoms. The second kappa shape index (κ2) is 10.6. The number of benzene rings is 8. The van der Waals surface area contributed by atoms with E-state index in [-0.39, 0.29) is 0 Å². The lowest BCUT2D eigenvalue weighted by Gasteiger charge is -2.26. The Morgan fingerprint density at radius 3 is 2.04 bits per heavy atom. The molecule has 8 aromatic carbocycles. The SMILES string of the molecule is c1ccc(-n2c3ccccc3c3c(N(c4ccc5c(c4)sc4ccccc45)c4cccc5c4oc4cc6ccccc6cc45)cccc32)cc1. The van der Waals surface area contributed by atoms with Crippen LogP contribution >= 0.6 is 11.3 Å². The maximum absolute atomic E-state index is 6.88. The zero-order chi connectivity index (χ0) is 32.8. The van der Waals surface area contributed by atoms with Crippen LogP contribution in [0.1, 0.15) is 0 Å². The van der Waals surface area contributed by atoms with E-state index in [1.807, 2.05) is 11.3 Å². The molecular formula is C46H28N2OS. The van der Waals surface area contributed by atoms with Gasteiger partial charge < -0.3 is 13.9 Å². The summed E-state index contributed by atoms with van der Waals surface area (Å²) in [5.74, 6) is 0. The van der Waals surface area contributed by atoms with Crippen LogP contribution in [-0.2, 0) is 0 Å². The molecule has 0 atom stereocenters. The molecule has 0 saturated heterocycles. The van der Waals surface area contributed by atoms with Gasteiger partial charge in [-0.3, -0.25) is 0 Å². The largest absolute Gasteiger partial charge is 0.454 e. The van der Waals surface area contributed by atoms with Crippen molar-refractivity contribution in [1.29, 1.82) is 0 Å². The maximum Gasteiger partial charge on any atom is 0.159 e. The van der Waals surface area contributed by atoms with Gasteiger partial charge in [-0.25, -0.2) is 0 Å². The molecule has 0 saturated carbocycles. The predicted molar refractivity (Wildman–Crippen MR) is 213 cm³/mol. The Hall–Kier alpha value is -6.36. The standard InChI is InChI=1S/C46H28N2OS/c1-2-14-31(15-3-1)47-38-19-8-6-17-36(38)45-39(47)20-11-21-40(45)48(32-24-25-34-33-16-7-9-23-43(33)50-44(34)28-32)41-22-10-18-35-37-26-29-12-4-5-13-30(29)27-42(37)49-46(35)41/h1-28H. The smallest absolute Gasteiger partial charge is 0.159 e. The fourth-order valence-corrected chi connectivity index (χ4v) is 9.09. The first-order chi connectivity index (χ1) is 24.8. The lowest BCUT2D eigenvalue weighted by Crippen LogP contribution is -2.10. The van der Waals surface area contributed by atoms with Crippen molar-refractivity contribution in [2.24, 2.45) is 0 Å². The molecule has 3 heterocycles. The van der Waals surface area contributed by atoms with Gasteiger partial charge in [-0.05, 0) is 77.5 Å². The first-order valence-corrected chi connectivity index (χ1v) is 17.7. The molecular weight excluding hydrogens is 629 g/mol. The van der Waals surface area contributed by atoms with Crippen molar-refractivity contribution in [1.82, 2.24) is 4.57 Å². The van der Waals surface area contributed by atoms with Gasteiger partial charge >= 0.3 is 0 Å².